The fourth-order valence-electron chi connectivity index (χ4n) is 4.23. The van der Waals surface area contributed by atoms with E-state index in [4.69, 9.17) is 14.2 Å². The van der Waals surface area contributed by atoms with E-state index < -0.39 is 0 Å². The standard InChI is InChI=1S/C28H24N2O4/c1-4-34-24-12-9-18-7-5-6-8-22(18)26(24)28(31)30-14-13-20-15-21(17-29-27(20)30)19-10-11-23(32-2)25(16-19)33-3/h5-17H,4H2,1-3H3. The summed E-state index contributed by atoms with van der Waals surface area (Å²) in [4.78, 5) is 18.4. The van der Waals surface area contributed by atoms with E-state index >= 15 is 0 Å². The van der Waals surface area contributed by atoms with E-state index in [2.05, 4.69) is 4.98 Å². The van der Waals surface area contributed by atoms with Gasteiger partial charge in [0.15, 0.2) is 11.5 Å². The molecule has 0 bridgehead atoms. The Kier molecular flexibility index (Phi) is 5.64. The zero-order valence-corrected chi connectivity index (χ0v) is 19.2. The Morgan fingerprint density at radius 3 is 2.44 bits per heavy atom. The highest BCUT2D eigenvalue weighted by Crippen LogP contribution is 2.34. The molecule has 6 nitrogen and oxygen atoms in total. The van der Waals surface area contributed by atoms with Gasteiger partial charge in [0.1, 0.15) is 11.4 Å². The van der Waals surface area contributed by atoms with Crippen molar-refractivity contribution in [3.8, 4) is 28.4 Å². The summed E-state index contributed by atoms with van der Waals surface area (Å²) in [5.41, 5.74) is 2.98. The zero-order chi connectivity index (χ0) is 23.7. The number of fused-ring (bicyclic) bond motifs is 2. The number of pyridine rings is 1. The van der Waals surface area contributed by atoms with E-state index in [-0.39, 0.29) is 5.91 Å². The van der Waals surface area contributed by atoms with Crippen LogP contribution < -0.4 is 14.2 Å². The highest BCUT2D eigenvalue weighted by molar-refractivity contribution is 6.12. The van der Waals surface area contributed by atoms with Gasteiger partial charge in [0, 0.05) is 23.3 Å². The summed E-state index contributed by atoms with van der Waals surface area (Å²) in [6, 6.07) is 21.3. The van der Waals surface area contributed by atoms with Crippen LogP contribution in [0.4, 0.5) is 0 Å². The number of carbonyl (C=O) groups excluding carboxylic acids is 1. The van der Waals surface area contributed by atoms with Crippen molar-refractivity contribution in [1.29, 1.82) is 0 Å². The lowest BCUT2D eigenvalue weighted by molar-refractivity contribution is 0.0962. The van der Waals surface area contributed by atoms with E-state index in [1.165, 1.54) is 0 Å². The number of nitrogens with zero attached hydrogens (tertiary/aromatic N) is 2. The van der Waals surface area contributed by atoms with Gasteiger partial charge in [0.2, 0.25) is 0 Å². The SMILES string of the molecule is CCOc1ccc2ccccc2c1C(=O)n1ccc2cc(-c3ccc(OC)c(OC)c3)cnc21. The molecule has 0 aliphatic carbocycles. The van der Waals surface area contributed by atoms with Crippen molar-refractivity contribution >= 4 is 27.7 Å². The lowest BCUT2D eigenvalue weighted by atomic mass is 10.0. The third-order valence-corrected chi connectivity index (χ3v) is 5.87. The zero-order valence-electron chi connectivity index (χ0n) is 19.2. The first-order valence-electron chi connectivity index (χ1n) is 11.0. The van der Waals surface area contributed by atoms with Crippen LogP contribution in [0.25, 0.3) is 32.9 Å². The first-order chi connectivity index (χ1) is 16.6. The molecule has 0 spiro atoms. The van der Waals surface area contributed by atoms with E-state index in [0.29, 0.717) is 35.1 Å². The van der Waals surface area contributed by atoms with Crippen LogP contribution in [0, 0.1) is 0 Å². The second kappa shape index (κ2) is 8.90. The van der Waals surface area contributed by atoms with E-state index in [1.54, 1.807) is 31.2 Å². The summed E-state index contributed by atoms with van der Waals surface area (Å²) in [5.74, 6) is 1.70. The molecule has 34 heavy (non-hydrogen) atoms. The van der Waals surface area contributed by atoms with Gasteiger partial charge in [-0.2, -0.15) is 0 Å². The summed E-state index contributed by atoms with van der Waals surface area (Å²) in [6.07, 6.45) is 3.52. The lowest BCUT2D eigenvalue weighted by Gasteiger charge is -2.13. The minimum absolute atomic E-state index is 0.179. The molecule has 0 fully saturated rings. The first-order valence-corrected chi connectivity index (χ1v) is 11.0. The topological polar surface area (TPSA) is 62.6 Å². The first kappa shape index (κ1) is 21.5. The second-order valence-corrected chi connectivity index (χ2v) is 7.79. The molecular weight excluding hydrogens is 428 g/mol. The van der Waals surface area contributed by atoms with Crippen LogP contribution in [0.5, 0.6) is 17.2 Å². The second-order valence-electron chi connectivity index (χ2n) is 7.79. The van der Waals surface area contributed by atoms with Crippen LogP contribution >= 0.6 is 0 Å². The number of methoxy groups -OCH3 is 2. The van der Waals surface area contributed by atoms with Crippen LogP contribution in [0.15, 0.2) is 79.1 Å². The van der Waals surface area contributed by atoms with Gasteiger partial charge in [0.05, 0.1) is 26.4 Å². The van der Waals surface area contributed by atoms with Crippen molar-refractivity contribution < 1.29 is 19.0 Å². The molecule has 5 rings (SSSR count). The fraction of sp³-hybridized carbons (Fsp3) is 0.143. The van der Waals surface area contributed by atoms with E-state index in [1.807, 2.05) is 73.7 Å². The third kappa shape index (κ3) is 3.63. The van der Waals surface area contributed by atoms with Crippen LogP contribution in [0.3, 0.4) is 0 Å². The van der Waals surface area contributed by atoms with Gasteiger partial charge in [-0.1, -0.05) is 36.4 Å². The molecule has 0 aliphatic heterocycles. The maximum absolute atomic E-state index is 13.8. The molecule has 0 N–H and O–H groups in total. The van der Waals surface area contributed by atoms with Gasteiger partial charge >= 0.3 is 0 Å². The predicted molar refractivity (Wildman–Crippen MR) is 133 cm³/mol. The molecule has 0 unspecified atom stereocenters. The summed E-state index contributed by atoms with van der Waals surface area (Å²) in [7, 11) is 3.22. The molecule has 0 aliphatic rings. The highest BCUT2D eigenvalue weighted by atomic mass is 16.5. The molecule has 170 valence electrons. The molecule has 5 aromatic rings. The normalized spacial score (nSPS) is 11.0. The van der Waals surface area contributed by atoms with Gasteiger partial charge in [-0.05, 0) is 53.6 Å². The summed E-state index contributed by atoms with van der Waals surface area (Å²) < 4.78 is 18.2. The molecule has 0 amide bonds. The number of ether oxygens (including phenoxy) is 3. The Balaban J connectivity index is 1.59. The Labute approximate surface area is 197 Å². The van der Waals surface area contributed by atoms with E-state index in [0.717, 1.165) is 27.3 Å². The Morgan fingerprint density at radius 2 is 1.65 bits per heavy atom. The van der Waals surface area contributed by atoms with Gasteiger partial charge in [-0.25, -0.2) is 4.98 Å². The molecular formula is C28H24N2O4. The average molecular weight is 453 g/mol. The van der Waals surface area contributed by atoms with Crippen molar-refractivity contribution in [3.63, 3.8) is 0 Å². The average Bonchev–Trinajstić information content (AvgIpc) is 3.31. The molecule has 2 heterocycles. The fourth-order valence-corrected chi connectivity index (χ4v) is 4.23. The molecule has 0 atom stereocenters. The third-order valence-electron chi connectivity index (χ3n) is 5.87. The van der Waals surface area contributed by atoms with Crippen molar-refractivity contribution in [2.75, 3.05) is 20.8 Å². The lowest BCUT2D eigenvalue weighted by Crippen LogP contribution is -2.14. The predicted octanol–water partition coefficient (Wildman–Crippen LogP) is 5.96. The minimum atomic E-state index is -0.179. The quantitative estimate of drug-likeness (QED) is 0.318. The maximum Gasteiger partial charge on any atom is 0.267 e. The van der Waals surface area contributed by atoms with Crippen LogP contribution in [-0.2, 0) is 0 Å². The summed E-state index contributed by atoms with van der Waals surface area (Å²) in [5, 5.41) is 2.69. The van der Waals surface area contributed by atoms with Crippen molar-refractivity contribution in [3.05, 3.63) is 84.7 Å². The Bertz CT molecular complexity index is 1520. The van der Waals surface area contributed by atoms with Crippen molar-refractivity contribution in [2.45, 2.75) is 6.92 Å². The number of hydrogen-bond acceptors (Lipinski definition) is 5. The van der Waals surface area contributed by atoms with Gasteiger partial charge in [-0.15, -0.1) is 0 Å². The number of rotatable bonds is 6. The van der Waals surface area contributed by atoms with Gasteiger partial charge in [0.25, 0.3) is 5.91 Å². The molecule has 0 saturated carbocycles. The number of aromatic nitrogens is 2. The van der Waals surface area contributed by atoms with Crippen molar-refractivity contribution in [1.82, 2.24) is 9.55 Å². The number of hydrogen-bond donors (Lipinski definition) is 0. The van der Waals surface area contributed by atoms with E-state index in [9.17, 15) is 4.79 Å². The minimum Gasteiger partial charge on any atom is -0.493 e. The monoisotopic (exact) mass is 452 g/mol. The van der Waals surface area contributed by atoms with Crippen LogP contribution in [0.1, 0.15) is 17.3 Å². The highest BCUT2D eigenvalue weighted by Gasteiger charge is 2.20. The Hall–Kier alpha value is -4.32. The summed E-state index contributed by atoms with van der Waals surface area (Å²) >= 11 is 0. The molecule has 0 saturated heterocycles. The molecule has 0 radical (unpaired) electrons. The smallest absolute Gasteiger partial charge is 0.267 e. The number of benzene rings is 3. The number of carbonyl (C=O) groups is 1. The van der Waals surface area contributed by atoms with Crippen LogP contribution in [0.2, 0.25) is 0 Å². The molecule has 6 heteroatoms. The van der Waals surface area contributed by atoms with Crippen LogP contribution in [-0.4, -0.2) is 36.3 Å². The van der Waals surface area contributed by atoms with Crippen molar-refractivity contribution in [2.24, 2.45) is 0 Å². The Morgan fingerprint density at radius 1 is 0.853 bits per heavy atom. The molecule has 3 aromatic carbocycles. The largest absolute Gasteiger partial charge is 0.493 e. The molecule has 2 aromatic heterocycles. The van der Waals surface area contributed by atoms with Gasteiger partial charge < -0.3 is 14.2 Å². The van der Waals surface area contributed by atoms with Gasteiger partial charge in [-0.3, -0.25) is 9.36 Å². The summed E-state index contributed by atoms with van der Waals surface area (Å²) in [6.45, 7) is 2.38. The maximum atomic E-state index is 13.8.